The molecule has 0 radical (unpaired) electrons. The van der Waals surface area contributed by atoms with Gasteiger partial charge in [0, 0.05) is 3.57 Å². The van der Waals surface area contributed by atoms with Gasteiger partial charge in [0.1, 0.15) is 0 Å². The lowest BCUT2D eigenvalue weighted by Crippen LogP contribution is -2.23. The van der Waals surface area contributed by atoms with Crippen LogP contribution >= 0.6 is 22.6 Å². The van der Waals surface area contributed by atoms with Gasteiger partial charge in [0.15, 0.2) is 0 Å². The number of rotatable bonds is 4. The van der Waals surface area contributed by atoms with Gasteiger partial charge in [-0.05, 0) is 66.4 Å². The first kappa shape index (κ1) is 13.1. The van der Waals surface area contributed by atoms with Crippen LogP contribution in [0.15, 0.2) is 29.8 Å². The molecule has 2 heteroatoms. The fourth-order valence-corrected chi connectivity index (χ4v) is 3.17. The minimum Gasteiger partial charge on any atom is -0.307 e. The number of aryl methyl sites for hydroxylation is 1. The molecule has 1 N–H and O–H groups in total. The van der Waals surface area contributed by atoms with Crippen LogP contribution in [0.2, 0.25) is 0 Å². The Labute approximate surface area is 118 Å². The minimum absolute atomic E-state index is 0.425. The Morgan fingerprint density at radius 2 is 2.24 bits per heavy atom. The normalized spacial score (nSPS) is 17.0. The first-order chi connectivity index (χ1) is 8.24. The van der Waals surface area contributed by atoms with Gasteiger partial charge < -0.3 is 5.32 Å². The van der Waals surface area contributed by atoms with Gasteiger partial charge in [-0.25, -0.2) is 0 Å². The quantitative estimate of drug-likeness (QED) is 0.634. The lowest BCUT2D eigenvalue weighted by atomic mass is 9.97. The number of hydrogen-bond donors (Lipinski definition) is 1. The summed E-state index contributed by atoms with van der Waals surface area (Å²) in [6.07, 6.45) is 6.24. The largest absolute Gasteiger partial charge is 0.307 e. The molecule has 0 aliphatic heterocycles. The maximum absolute atomic E-state index is 3.64. The van der Waals surface area contributed by atoms with E-state index >= 15 is 0 Å². The molecule has 1 aliphatic rings. The molecule has 1 aliphatic carbocycles. The van der Waals surface area contributed by atoms with Gasteiger partial charge >= 0.3 is 0 Å². The Hall–Kier alpha value is -0.350. The van der Waals surface area contributed by atoms with Crippen molar-refractivity contribution in [2.24, 2.45) is 0 Å². The summed E-state index contributed by atoms with van der Waals surface area (Å²) in [7, 11) is 0. The molecular weight excluding hydrogens is 321 g/mol. The Kier molecular flexibility index (Phi) is 4.62. The Morgan fingerprint density at radius 3 is 2.88 bits per heavy atom. The molecule has 0 aromatic heterocycles. The third-order valence-corrected chi connectivity index (χ3v) is 4.86. The van der Waals surface area contributed by atoms with Crippen LogP contribution in [0.25, 0.3) is 0 Å². The van der Waals surface area contributed by atoms with E-state index in [2.05, 4.69) is 66.0 Å². The summed E-state index contributed by atoms with van der Waals surface area (Å²) in [6.45, 7) is 5.40. The van der Waals surface area contributed by atoms with E-state index in [1.54, 1.807) is 5.57 Å². The van der Waals surface area contributed by atoms with Crippen LogP contribution < -0.4 is 5.32 Å². The standard InChI is InChI=1S/C15H20IN/c1-3-17-15(12-8-4-5-9-12)13-10-6-7-11(2)14(13)16/h6-8,10,15,17H,3-5,9H2,1-2H3. The lowest BCUT2D eigenvalue weighted by molar-refractivity contribution is 0.603. The maximum Gasteiger partial charge on any atom is 0.0546 e. The molecule has 0 spiro atoms. The van der Waals surface area contributed by atoms with E-state index in [0.29, 0.717) is 6.04 Å². The SMILES string of the molecule is CCNC(C1=CCCC1)c1cccc(C)c1I. The topological polar surface area (TPSA) is 12.0 Å². The van der Waals surface area contributed by atoms with Crippen LogP contribution in [0, 0.1) is 10.5 Å². The van der Waals surface area contributed by atoms with Crippen molar-refractivity contribution < 1.29 is 0 Å². The average Bonchev–Trinajstić information content (AvgIpc) is 2.84. The van der Waals surface area contributed by atoms with Crippen LogP contribution in [0.3, 0.4) is 0 Å². The first-order valence-electron chi connectivity index (χ1n) is 6.41. The molecule has 0 fully saturated rings. The smallest absolute Gasteiger partial charge is 0.0546 e. The molecule has 0 amide bonds. The van der Waals surface area contributed by atoms with E-state index in [9.17, 15) is 0 Å². The number of nitrogens with one attached hydrogen (secondary N) is 1. The van der Waals surface area contributed by atoms with Crippen molar-refractivity contribution in [1.82, 2.24) is 5.32 Å². The summed E-state index contributed by atoms with van der Waals surface area (Å²) >= 11 is 2.48. The third kappa shape index (κ3) is 2.91. The van der Waals surface area contributed by atoms with E-state index in [0.717, 1.165) is 6.54 Å². The summed E-state index contributed by atoms with van der Waals surface area (Å²) in [5.74, 6) is 0. The van der Waals surface area contributed by atoms with Crippen LogP contribution in [-0.4, -0.2) is 6.54 Å². The highest BCUT2D eigenvalue weighted by Crippen LogP contribution is 2.33. The van der Waals surface area contributed by atoms with Gasteiger partial charge in [-0.1, -0.05) is 36.8 Å². The number of allylic oxidation sites excluding steroid dienone is 1. The second-order valence-electron chi connectivity index (χ2n) is 4.64. The molecular formula is C15H20IN. The number of hydrogen-bond acceptors (Lipinski definition) is 1. The van der Waals surface area contributed by atoms with Crippen molar-refractivity contribution in [2.75, 3.05) is 6.54 Å². The number of likely N-dealkylation sites (N-methyl/N-ethyl adjacent to an activating group) is 1. The monoisotopic (exact) mass is 341 g/mol. The second-order valence-corrected chi connectivity index (χ2v) is 5.72. The fourth-order valence-electron chi connectivity index (χ4n) is 2.50. The molecule has 1 aromatic carbocycles. The molecule has 1 nitrogen and oxygen atoms in total. The third-order valence-electron chi connectivity index (χ3n) is 3.39. The molecule has 92 valence electrons. The van der Waals surface area contributed by atoms with E-state index in [1.165, 1.54) is 34.0 Å². The van der Waals surface area contributed by atoms with Crippen molar-refractivity contribution in [3.63, 3.8) is 0 Å². The van der Waals surface area contributed by atoms with E-state index in [1.807, 2.05) is 0 Å². The fraction of sp³-hybridized carbons (Fsp3) is 0.467. The summed E-state index contributed by atoms with van der Waals surface area (Å²) in [4.78, 5) is 0. The molecule has 2 rings (SSSR count). The molecule has 0 saturated heterocycles. The second kappa shape index (κ2) is 6.01. The first-order valence-corrected chi connectivity index (χ1v) is 7.49. The Bertz CT molecular complexity index is 423. The molecule has 1 aromatic rings. The highest BCUT2D eigenvalue weighted by atomic mass is 127. The van der Waals surface area contributed by atoms with Gasteiger partial charge in [-0.2, -0.15) is 0 Å². The van der Waals surface area contributed by atoms with Crippen molar-refractivity contribution in [1.29, 1.82) is 0 Å². The molecule has 0 bridgehead atoms. The predicted octanol–water partition coefficient (Wildman–Crippen LogP) is 4.36. The van der Waals surface area contributed by atoms with Crippen LogP contribution in [-0.2, 0) is 0 Å². The van der Waals surface area contributed by atoms with Gasteiger partial charge in [0.05, 0.1) is 6.04 Å². The summed E-state index contributed by atoms with van der Waals surface area (Å²) in [6, 6.07) is 7.06. The Morgan fingerprint density at radius 1 is 1.41 bits per heavy atom. The van der Waals surface area contributed by atoms with Gasteiger partial charge in [-0.15, -0.1) is 0 Å². The van der Waals surface area contributed by atoms with E-state index in [4.69, 9.17) is 0 Å². The van der Waals surface area contributed by atoms with Crippen molar-refractivity contribution >= 4 is 22.6 Å². The maximum atomic E-state index is 3.64. The zero-order chi connectivity index (χ0) is 12.3. The molecule has 1 atom stereocenters. The average molecular weight is 341 g/mol. The summed E-state index contributed by atoms with van der Waals surface area (Å²) in [5.41, 5.74) is 4.40. The van der Waals surface area contributed by atoms with E-state index in [-0.39, 0.29) is 0 Å². The summed E-state index contributed by atoms with van der Waals surface area (Å²) < 4.78 is 1.41. The number of benzene rings is 1. The van der Waals surface area contributed by atoms with Crippen LogP contribution in [0.4, 0.5) is 0 Å². The minimum atomic E-state index is 0.425. The highest BCUT2D eigenvalue weighted by molar-refractivity contribution is 14.1. The van der Waals surface area contributed by atoms with Gasteiger partial charge in [0.2, 0.25) is 0 Å². The van der Waals surface area contributed by atoms with Crippen molar-refractivity contribution in [2.45, 2.75) is 39.2 Å². The van der Waals surface area contributed by atoms with Crippen molar-refractivity contribution in [3.05, 3.63) is 44.5 Å². The lowest BCUT2D eigenvalue weighted by Gasteiger charge is -2.22. The van der Waals surface area contributed by atoms with Crippen LogP contribution in [0.1, 0.15) is 43.4 Å². The molecule has 1 unspecified atom stereocenters. The molecule has 17 heavy (non-hydrogen) atoms. The number of halogens is 1. The van der Waals surface area contributed by atoms with Crippen molar-refractivity contribution in [3.8, 4) is 0 Å². The predicted molar refractivity (Wildman–Crippen MR) is 82.2 cm³/mol. The zero-order valence-electron chi connectivity index (χ0n) is 10.6. The van der Waals surface area contributed by atoms with Crippen LogP contribution in [0.5, 0.6) is 0 Å². The van der Waals surface area contributed by atoms with Gasteiger partial charge in [0.25, 0.3) is 0 Å². The van der Waals surface area contributed by atoms with Gasteiger partial charge in [-0.3, -0.25) is 0 Å². The highest BCUT2D eigenvalue weighted by Gasteiger charge is 2.20. The molecule has 0 saturated carbocycles. The Balaban J connectivity index is 2.35. The zero-order valence-corrected chi connectivity index (χ0v) is 12.8. The molecule has 0 heterocycles. The van der Waals surface area contributed by atoms with E-state index < -0.39 is 0 Å². The summed E-state index contributed by atoms with van der Waals surface area (Å²) in [5, 5.41) is 3.64.